The van der Waals surface area contributed by atoms with Crippen LogP contribution in [-0.4, -0.2) is 24.6 Å². The number of hydrazine groups is 1. The second-order valence-electron chi connectivity index (χ2n) is 7.26. The second kappa shape index (κ2) is 9.12. The molecule has 1 aliphatic heterocycles. The van der Waals surface area contributed by atoms with Gasteiger partial charge < -0.3 is 4.90 Å². The highest BCUT2D eigenvalue weighted by atomic mass is 35.5. The lowest BCUT2D eigenvalue weighted by Crippen LogP contribution is -2.38. The van der Waals surface area contributed by atoms with Crippen molar-refractivity contribution in [2.75, 3.05) is 23.5 Å². The quantitative estimate of drug-likeness (QED) is 0.595. The Bertz CT molecular complexity index is 959. The highest BCUT2D eigenvalue weighted by Crippen LogP contribution is 2.29. The molecular weight excluding hydrogens is 380 g/mol. The summed E-state index contributed by atoms with van der Waals surface area (Å²) in [5.74, 6) is 0. The summed E-state index contributed by atoms with van der Waals surface area (Å²) in [7, 11) is 2.13. The molecule has 0 aliphatic carbocycles. The Morgan fingerprint density at radius 2 is 1.76 bits per heavy atom. The average molecular weight is 405 g/mol. The van der Waals surface area contributed by atoms with Gasteiger partial charge in [-0.05, 0) is 54.8 Å². The molecule has 0 saturated carbocycles. The number of pyridine rings is 1. The van der Waals surface area contributed by atoms with E-state index in [9.17, 15) is 0 Å². The summed E-state index contributed by atoms with van der Waals surface area (Å²) in [6.45, 7) is 0.838. The molecule has 3 aromatic rings. The van der Waals surface area contributed by atoms with Gasteiger partial charge in [0.15, 0.2) is 0 Å². The molecule has 0 spiro atoms. The highest BCUT2D eigenvalue weighted by Gasteiger charge is 2.26. The minimum Gasteiger partial charge on any atom is -0.370 e. The van der Waals surface area contributed by atoms with Crippen LogP contribution in [0.3, 0.4) is 0 Å². The number of nitrogens with one attached hydrogen (secondary N) is 1. The Hall–Kier alpha value is -2.82. The van der Waals surface area contributed by atoms with Crippen molar-refractivity contribution >= 4 is 23.0 Å². The van der Waals surface area contributed by atoms with Crippen molar-refractivity contribution in [1.82, 2.24) is 10.4 Å². The lowest BCUT2D eigenvalue weighted by molar-refractivity contribution is 0.565. The summed E-state index contributed by atoms with van der Waals surface area (Å²) in [6, 6.07) is 24.7. The molecule has 1 atom stereocenters. The molecule has 0 bridgehead atoms. The van der Waals surface area contributed by atoms with Crippen LogP contribution in [0.2, 0.25) is 5.02 Å². The molecule has 0 fully saturated rings. The zero-order valence-corrected chi connectivity index (χ0v) is 17.3. The lowest BCUT2D eigenvalue weighted by Gasteiger charge is -2.24. The number of rotatable bonds is 7. The van der Waals surface area contributed by atoms with E-state index in [0.717, 1.165) is 35.8 Å². The van der Waals surface area contributed by atoms with Crippen LogP contribution in [-0.2, 0) is 6.42 Å². The summed E-state index contributed by atoms with van der Waals surface area (Å²) in [5.41, 5.74) is 8.23. The number of nitrogens with zero attached hydrogens (tertiary/aromatic N) is 3. The van der Waals surface area contributed by atoms with Crippen molar-refractivity contribution in [2.45, 2.75) is 18.9 Å². The third-order valence-electron chi connectivity index (χ3n) is 5.18. The molecule has 1 unspecified atom stereocenters. The van der Waals surface area contributed by atoms with Gasteiger partial charge in [-0.2, -0.15) is 0 Å². The number of hydrogen-bond acceptors (Lipinski definition) is 4. The maximum atomic E-state index is 6.44. The molecule has 148 valence electrons. The number of hydrogen-bond donors (Lipinski definition) is 1. The van der Waals surface area contributed by atoms with Crippen molar-refractivity contribution < 1.29 is 0 Å². The highest BCUT2D eigenvalue weighted by molar-refractivity contribution is 6.33. The maximum absolute atomic E-state index is 6.44. The van der Waals surface area contributed by atoms with Gasteiger partial charge >= 0.3 is 0 Å². The van der Waals surface area contributed by atoms with E-state index in [0.29, 0.717) is 0 Å². The minimum absolute atomic E-state index is 0.222. The van der Waals surface area contributed by atoms with Gasteiger partial charge in [0.2, 0.25) is 0 Å². The summed E-state index contributed by atoms with van der Waals surface area (Å²) >= 11 is 6.44. The Kier molecular flexibility index (Phi) is 6.13. The Morgan fingerprint density at radius 3 is 2.52 bits per heavy atom. The van der Waals surface area contributed by atoms with E-state index >= 15 is 0 Å². The van der Waals surface area contributed by atoms with Crippen LogP contribution in [0.15, 0.2) is 90.8 Å². The summed E-state index contributed by atoms with van der Waals surface area (Å²) in [5, 5.41) is 2.79. The first kappa shape index (κ1) is 19.5. The van der Waals surface area contributed by atoms with Crippen LogP contribution in [0.25, 0.3) is 0 Å². The third-order valence-corrected chi connectivity index (χ3v) is 5.50. The molecule has 29 heavy (non-hydrogen) atoms. The van der Waals surface area contributed by atoms with Crippen LogP contribution >= 0.6 is 11.6 Å². The van der Waals surface area contributed by atoms with Crippen molar-refractivity contribution in [2.24, 2.45) is 0 Å². The third kappa shape index (κ3) is 4.78. The van der Waals surface area contributed by atoms with E-state index in [-0.39, 0.29) is 6.04 Å². The number of halogens is 1. The van der Waals surface area contributed by atoms with Gasteiger partial charge in [0.25, 0.3) is 0 Å². The first-order chi connectivity index (χ1) is 14.2. The van der Waals surface area contributed by atoms with Gasteiger partial charge in [0, 0.05) is 37.4 Å². The first-order valence-corrected chi connectivity index (χ1v) is 10.2. The first-order valence-electron chi connectivity index (χ1n) is 9.87. The Morgan fingerprint density at radius 1 is 1.00 bits per heavy atom. The molecule has 0 amide bonds. The van der Waals surface area contributed by atoms with Gasteiger partial charge in [0.05, 0.1) is 16.8 Å². The number of aromatic nitrogens is 1. The van der Waals surface area contributed by atoms with E-state index in [1.54, 1.807) is 0 Å². The molecule has 0 radical (unpaired) electrons. The summed E-state index contributed by atoms with van der Waals surface area (Å²) < 4.78 is 0. The number of para-hydroxylation sites is 2. The van der Waals surface area contributed by atoms with E-state index in [1.807, 2.05) is 48.7 Å². The number of likely N-dealkylation sites (N-methyl/N-ethyl adjacent to an activating group) is 1. The van der Waals surface area contributed by atoms with Crippen LogP contribution in [0.1, 0.15) is 12.1 Å². The molecule has 0 saturated heterocycles. The molecule has 1 N–H and O–H groups in total. The molecule has 2 heterocycles. The SMILES string of the molecule is CN(CC1=CN(c2ccccc2Cl)NC1CCc1ccccn1)c1ccccc1. The second-order valence-corrected chi connectivity index (χ2v) is 7.67. The van der Waals surface area contributed by atoms with Gasteiger partial charge in [-0.25, -0.2) is 5.43 Å². The molecule has 5 heteroatoms. The van der Waals surface area contributed by atoms with Crippen LogP contribution in [0.5, 0.6) is 0 Å². The minimum atomic E-state index is 0.222. The van der Waals surface area contributed by atoms with Gasteiger partial charge in [0.1, 0.15) is 0 Å². The maximum Gasteiger partial charge on any atom is 0.0757 e. The largest absolute Gasteiger partial charge is 0.370 e. The van der Waals surface area contributed by atoms with Crippen LogP contribution < -0.4 is 15.3 Å². The zero-order valence-electron chi connectivity index (χ0n) is 16.5. The number of anilines is 2. The van der Waals surface area contributed by atoms with Gasteiger partial charge in [-0.15, -0.1) is 0 Å². The van der Waals surface area contributed by atoms with E-state index < -0.39 is 0 Å². The monoisotopic (exact) mass is 404 g/mol. The molecule has 4 rings (SSSR count). The predicted octanol–water partition coefficient (Wildman–Crippen LogP) is 5.08. The van der Waals surface area contributed by atoms with E-state index in [2.05, 4.69) is 63.9 Å². The van der Waals surface area contributed by atoms with E-state index in [4.69, 9.17) is 11.6 Å². The standard InChI is InChI=1S/C24H25ClN4/c1-28(21-10-3-2-4-11-21)17-19-18-29(24-13-6-5-12-22(24)25)27-23(19)15-14-20-9-7-8-16-26-20/h2-13,16,18,23,27H,14-15,17H2,1H3. The fourth-order valence-electron chi connectivity index (χ4n) is 3.62. The zero-order chi connectivity index (χ0) is 20.1. The molecule has 4 nitrogen and oxygen atoms in total. The number of aryl methyl sites for hydroxylation is 1. The summed E-state index contributed by atoms with van der Waals surface area (Å²) in [4.78, 5) is 6.75. The lowest BCUT2D eigenvalue weighted by atomic mass is 10.0. The predicted molar refractivity (Wildman–Crippen MR) is 121 cm³/mol. The van der Waals surface area contributed by atoms with Crippen LogP contribution in [0, 0.1) is 0 Å². The van der Waals surface area contributed by atoms with Crippen molar-refractivity contribution in [1.29, 1.82) is 0 Å². The molecule has 1 aliphatic rings. The topological polar surface area (TPSA) is 31.4 Å². The fraction of sp³-hybridized carbons (Fsp3) is 0.208. The molecule has 1 aromatic heterocycles. The average Bonchev–Trinajstić information content (AvgIpc) is 3.16. The molecule has 2 aromatic carbocycles. The Labute approximate surface area is 177 Å². The smallest absolute Gasteiger partial charge is 0.0757 e. The van der Waals surface area contributed by atoms with E-state index in [1.165, 1.54) is 11.3 Å². The number of benzene rings is 2. The summed E-state index contributed by atoms with van der Waals surface area (Å²) in [6.07, 6.45) is 5.92. The fourth-order valence-corrected chi connectivity index (χ4v) is 3.84. The van der Waals surface area contributed by atoms with Crippen molar-refractivity contribution in [3.8, 4) is 0 Å². The van der Waals surface area contributed by atoms with Gasteiger partial charge in [-0.1, -0.05) is 48.0 Å². The normalized spacial score (nSPS) is 16.0. The van der Waals surface area contributed by atoms with Crippen molar-refractivity contribution in [3.05, 3.63) is 101 Å². The van der Waals surface area contributed by atoms with Crippen LogP contribution in [0.4, 0.5) is 11.4 Å². The van der Waals surface area contributed by atoms with Gasteiger partial charge in [-0.3, -0.25) is 9.99 Å². The molecular formula is C24H25ClN4. The van der Waals surface area contributed by atoms with Crippen molar-refractivity contribution in [3.63, 3.8) is 0 Å². The Balaban J connectivity index is 1.53.